The lowest BCUT2D eigenvalue weighted by Gasteiger charge is -2.16. The molecule has 1 heterocycles. The molecule has 0 aliphatic carbocycles. The summed E-state index contributed by atoms with van der Waals surface area (Å²) in [6.45, 7) is 17.0. The van der Waals surface area contributed by atoms with Gasteiger partial charge < -0.3 is 0 Å². The second-order valence-corrected chi connectivity index (χ2v) is 6.28. The van der Waals surface area contributed by atoms with Crippen LogP contribution >= 0.6 is 0 Å². The zero-order valence-electron chi connectivity index (χ0n) is 16.2. The van der Waals surface area contributed by atoms with Crippen molar-refractivity contribution in [2.45, 2.75) is 55.4 Å². The van der Waals surface area contributed by atoms with E-state index in [0.29, 0.717) is 0 Å². The van der Waals surface area contributed by atoms with Crippen molar-refractivity contribution < 1.29 is 0 Å². The van der Waals surface area contributed by atoms with Crippen LogP contribution in [0, 0.1) is 41.5 Å². The summed E-state index contributed by atoms with van der Waals surface area (Å²) in [5.74, 6) is 0. The lowest BCUT2D eigenvalue weighted by Crippen LogP contribution is -1.99. The molecule has 0 saturated carbocycles. The van der Waals surface area contributed by atoms with Gasteiger partial charge in [0.25, 0.3) is 0 Å². The van der Waals surface area contributed by atoms with Crippen molar-refractivity contribution in [3.05, 3.63) is 57.8 Å². The topological polar surface area (TPSA) is 25.8 Å². The van der Waals surface area contributed by atoms with Gasteiger partial charge in [0.05, 0.1) is 6.20 Å². The Morgan fingerprint density at radius 2 is 1.33 bits per heavy atom. The number of hydrogen-bond donors (Lipinski definition) is 0. The summed E-state index contributed by atoms with van der Waals surface area (Å²) in [6.07, 6.45) is 1.90. The minimum atomic E-state index is 0.990. The first kappa shape index (κ1) is 18.1. The van der Waals surface area contributed by atoms with Gasteiger partial charge in [-0.15, -0.1) is 5.10 Å². The van der Waals surface area contributed by atoms with E-state index in [4.69, 9.17) is 0 Å². The first-order chi connectivity index (χ1) is 11.4. The molecule has 0 amide bonds. The standard InChI is InChI=1S/C20H22N2.C2H6/c1-11-7-8-17(9-12(11)2)20-19-16(6)14(4)13(3)15(5)18(19)10-21-22-20;1-2/h7-10H,1-6H3;1-2H3. The Morgan fingerprint density at radius 1 is 0.708 bits per heavy atom. The van der Waals surface area contributed by atoms with Gasteiger partial charge in [0.2, 0.25) is 0 Å². The molecule has 3 rings (SSSR count). The monoisotopic (exact) mass is 320 g/mol. The number of rotatable bonds is 1. The summed E-state index contributed by atoms with van der Waals surface area (Å²) >= 11 is 0. The van der Waals surface area contributed by atoms with Crippen LogP contribution in [0.4, 0.5) is 0 Å². The molecule has 0 N–H and O–H groups in total. The lowest BCUT2D eigenvalue weighted by atomic mass is 9.90. The second kappa shape index (κ2) is 7.12. The van der Waals surface area contributed by atoms with Crippen LogP contribution in [-0.2, 0) is 0 Å². The quantitative estimate of drug-likeness (QED) is 0.535. The molecule has 1 aromatic heterocycles. The maximum absolute atomic E-state index is 4.47. The summed E-state index contributed by atoms with van der Waals surface area (Å²) in [6, 6.07) is 6.52. The lowest BCUT2D eigenvalue weighted by molar-refractivity contribution is 1.05. The number of nitrogens with zero attached hydrogens (tertiary/aromatic N) is 2. The second-order valence-electron chi connectivity index (χ2n) is 6.28. The molecule has 0 radical (unpaired) electrons. The smallest absolute Gasteiger partial charge is 0.101 e. The van der Waals surface area contributed by atoms with Crippen molar-refractivity contribution >= 4 is 10.8 Å². The molecule has 3 aromatic rings. The maximum atomic E-state index is 4.47. The van der Waals surface area contributed by atoms with E-state index in [1.54, 1.807) is 0 Å². The van der Waals surface area contributed by atoms with E-state index >= 15 is 0 Å². The van der Waals surface area contributed by atoms with E-state index in [1.165, 1.54) is 44.2 Å². The average Bonchev–Trinajstić information content (AvgIpc) is 2.61. The van der Waals surface area contributed by atoms with Crippen LogP contribution in [0.15, 0.2) is 24.4 Å². The fourth-order valence-electron chi connectivity index (χ4n) is 3.09. The van der Waals surface area contributed by atoms with Crippen molar-refractivity contribution in [1.82, 2.24) is 10.2 Å². The number of aryl methyl sites for hydroxylation is 4. The summed E-state index contributed by atoms with van der Waals surface area (Å²) in [5.41, 5.74) is 10.0. The van der Waals surface area contributed by atoms with Gasteiger partial charge in [0.1, 0.15) is 5.69 Å². The molecule has 0 fully saturated rings. The molecule has 24 heavy (non-hydrogen) atoms. The van der Waals surface area contributed by atoms with E-state index < -0.39 is 0 Å². The van der Waals surface area contributed by atoms with Crippen molar-refractivity contribution in [2.24, 2.45) is 0 Å². The van der Waals surface area contributed by atoms with Crippen LogP contribution in [0.5, 0.6) is 0 Å². The van der Waals surface area contributed by atoms with Crippen LogP contribution in [0.2, 0.25) is 0 Å². The van der Waals surface area contributed by atoms with Crippen molar-refractivity contribution in [1.29, 1.82) is 0 Å². The molecule has 0 unspecified atom stereocenters. The molecule has 0 aliphatic rings. The van der Waals surface area contributed by atoms with Crippen LogP contribution in [-0.4, -0.2) is 10.2 Å². The molecular weight excluding hydrogens is 292 g/mol. The predicted octanol–water partition coefficient (Wildman–Crippen LogP) is 6.17. The molecule has 2 aromatic carbocycles. The Bertz CT molecular complexity index is 892. The van der Waals surface area contributed by atoms with Gasteiger partial charge in [-0.25, -0.2) is 0 Å². The zero-order chi connectivity index (χ0) is 18.0. The fraction of sp³-hybridized carbons (Fsp3) is 0.364. The zero-order valence-corrected chi connectivity index (χ0v) is 16.2. The first-order valence-corrected chi connectivity index (χ1v) is 8.71. The minimum Gasteiger partial charge on any atom is -0.158 e. The summed E-state index contributed by atoms with van der Waals surface area (Å²) in [4.78, 5) is 0. The SMILES string of the molecule is CC.Cc1ccc(-c2nncc3c(C)c(C)c(C)c(C)c23)cc1C. The highest BCUT2D eigenvalue weighted by molar-refractivity contribution is 5.99. The van der Waals surface area contributed by atoms with Gasteiger partial charge >= 0.3 is 0 Å². The average molecular weight is 320 g/mol. The number of aromatic nitrogens is 2. The van der Waals surface area contributed by atoms with Crippen molar-refractivity contribution in [3.8, 4) is 11.3 Å². The van der Waals surface area contributed by atoms with E-state index in [0.717, 1.165) is 11.3 Å². The summed E-state index contributed by atoms with van der Waals surface area (Å²) in [5, 5.41) is 11.2. The van der Waals surface area contributed by atoms with E-state index in [-0.39, 0.29) is 0 Å². The third-order valence-electron chi connectivity index (χ3n) is 5.10. The number of fused-ring (bicyclic) bond motifs is 1. The third-order valence-corrected chi connectivity index (χ3v) is 5.10. The van der Waals surface area contributed by atoms with Crippen LogP contribution in [0.3, 0.4) is 0 Å². The Kier molecular flexibility index (Phi) is 5.38. The van der Waals surface area contributed by atoms with Gasteiger partial charge in [-0.3, -0.25) is 0 Å². The highest BCUT2D eigenvalue weighted by Gasteiger charge is 2.15. The Balaban J connectivity index is 0.00000100. The molecule has 0 atom stereocenters. The summed E-state index contributed by atoms with van der Waals surface area (Å²) in [7, 11) is 0. The van der Waals surface area contributed by atoms with Crippen LogP contribution < -0.4 is 0 Å². The number of benzene rings is 2. The van der Waals surface area contributed by atoms with Crippen LogP contribution in [0.1, 0.15) is 47.2 Å². The van der Waals surface area contributed by atoms with Gasteiger partial charge in [-0.05, 0) is 81.0 Å². The third kappa shape index (κ3) is 2.93. The minimum absolute atomic E-state index is 0.990. The Hall–Kier alpha value is -2.22. The van der Waals surface area contributed by atoms with E-state index in [1.807, 2.05) is 20.0 Å². The predicted molar refractivity (Wildman–Crippen MR) is 105 cm³/mol. The normalized spacial score (nSPS) is 10.5. The molecule has 0 aliphatic heterocycles. The molecule has 2 nitrogen and oxygen atoms in total. The largest absolute Gasteiger partial charge is 0.158 e. The molecule has 126 valence electrons. The molecule has 0 bridgehead atoms. The highest BCUT2D eigenvalue weighted by atomic mass is 15.1. The molecular formula is C22H28N2. The van der Waals surface area contributed by atoms with Crippen LogP contribution in [0.25, 0.3) is 22.0 Å². The van der Waals surface area contributed by atoms with E-state index in [9.17, 15) is 0 Å². The van der Waals surface area contributed by atoms with Crippen molar-refractivity contribution in [2.75, 3.05) is 0 Å². The fourth-order valence-corrected chi connectivity index (χ4v) is 3.09. The molecule has 0 spiro atoms. The molecule has 0 saturated heterocycles. The maximum Gasteiger partial charge on any atom is 0.101 e. The van der Waals surface area contributed by atoms with Crippen molar-refractivity contribution in [3.63, 3.8) is 0 Å². The first-order valence-electron chi connectivity index (χ1n) is 8.71. The summed E-state index contributed by atoms with van der Waals surface area (Å²) < 4.78 is 0. The Morgan fingerprint density at radius 3 is 1.96 bits per heavy atom. The van der Waals surface area contributed by atoms with Gasteiger partial charge in [-0.2, -0.15) is 5.10 Å². The van der Waals surface area contributed by atoms with Gasteiger partial charge in [-0.1, -0.05) is 26.0 Å². The van der Waals surface area contributed by atoms with E-state index in [2.05, 4.69) is 69.9 Å². The Labute approximate surface area is 146 Å². The van der Waals surface area contributed by atoms with Gasteiger partial charge in [0.15, 0.2) is 0 Å². The van der Waals surface area contributed by atoms with Gasteiger partial charge in [0, 0.05) is 16.3 Å². The number of hydrogen-bond acceptors (Lipinski definition) is 2. The molecule has 2 heteroatoms. The highest BCUT2D eigenvalue weighted by Crippen LogP contribution is 2.34.